The predicted molar refractivity (Wildman–Crippen MR) is 84.9 cm³/mol. The maximum atomic E-state index is 11.1. The number of fused-ring (bicyclic) bond motifs is 1. The molecule has 9 nitrogen and oxygen atoms in total. The molecule has 0 spiro atoms. The van der Waals surface area contributed by atoms with E-state index in [1.807, 2.05) is 5.43 Å². The number of nitrogens with zero attached hydrogens (tertiary/aromatic N) is 3. The van der Waals surface area contributed by atoms with E-state index in [1.165, 1.54) is 10.9 Å². The van der Waals surface area contributed by atoms with E-state index in [-0.39, 0.29) is 12.4 Å². The van der Waals surface area contributed by atoms with Gasteiger partial charge in [-0.1, -0.05) is 0 Å². The first-order valence-electron chi connectivity index (χ1n) is 6.97. The van der Waals surface area contributed by atoms with Gasteiger partial charge >= 0.3 is 0 Å². The van der Waals surface area contributed by atoms with E-state index in [2.05, 4.69) is 10.2 Å². The van der Waals surface area contributed by atoms with Gasteiger partial charge in [0.1, 0.15) is 34.0 Å². The molecule has 0 unspecified atom stereocenters. The highest BCUT2D eigenvalue weighted by Crippen LogP contribution is 2.27. The zero-order chi connectivity index (χ0) is 17.1. The molecule has 0 aliphatic rings. The molecule has 0 atom stereocenters. The van der Waals surface area contributed by atoms with Gasteiger partial charge in [0.05, 0.1) is 7.11 Å². The van der Waals surface area contributed by atoms with Crippen molar-refractivity contribution in [3.05, 3.63) is 36.4 Å². The summed E-state index contributed by atoms with van der Waals surface area (Å²) in [6.45, 7) is -0.251. The Bertz CT molecular complexity index is 893. The molecule has 0 saturated carbocycles. The molecule has 0 aliphatic heterocycles. The largest absolute Gasteiger partial charge is 0.505 e. The number of hydrogen-bond donors (Lipinski definition) is 3. The molecule has 1 heterocycles. The molecule has 0 radical (unpaired) electrons. The maximum Gasteiger partial charge on any atom is 0.271 e. The van der Waals surface area contributed by atoms with Crippen LogP contribution >= 0.6 is 0 Å². The van der Waals surface area contributed by atoms with E-state index in [4.69, 9.17) is 15.3 Å². The Morgan fingerprint density at radius 1 is 1.21 bits per heavy atom. The normalized spacial score (nSPS) is 10.6. The number of phenols is 1. The van der Waals surface area contributed by atoms with Crippen molar-refractivity contribution in [1.29, 1.82) is 0 Å². The Morgan fingerprint density at radius 2 is 1.96 bits per heavy atom. The van der Waals surface area contributed by atoms with Crippen molar-refractivity contribution in [2.24, 2.45) is 5.84 Å². The van der Waals surface area contributed by atoms with Crippen molar-refractivity contribution in [3.63, 3.8) is 0 Å². The van der Waals surface area contributed by atoms with Crippen LogP contribution in [-0.2, 0) is 4.79 Å². The van der Waals surface area contributed by atoms with Gasteiger partial charge < -0.3 is 14.6 Å². The van der Waals surface area contributed by atoms with E-state index in [1.54, 1.807) is 37.4 Å². The van der Waals surface area contributed by atoms with E-state index >= 15 is 0 Å². The number of aromatic hydroxyl groups is 1. The van der Waals surface area contributed by atoms with Crippen LogP contribution in [0.15, 0.2) is 36.4 Å². The first-order valence-corrected chi connectivity index (χ1v) is 6.97. The fourth-order valence-corrected chi connectivity index (χ4v) is 2.08. The van der Waals surface area contributed by atoms with Gasteiger partial charge in [0, 0.05) is 12.1 Å². The van der Waals surface area contributed by atoms with Crippen molar-refractivity contribution in [2.45, 2.75) is 0 Å². The van der Waals surface area contributed by atoms with Gasteiger partial charge in [-0.05, 0) is 24.3 Å². The molecule has 3 aromatic rings. The van der Waals surface area contributed by atoms with Crippen molar-refractivity contribution in [1.82, 2.24) is 20.4 Å². The number of benzene rings is 2. The SMILES string of the molecule is COc1ccc2nn(-c3ccc(OCC(=O)NN)cc3O)nc2c1. The third kappa shape index (κ3) is 3.06. The van der Waals surface area contributed by atoms with Crippen molar-refractivity contribution in [2.75, 3.05) is 13.7 Å². The Morgan fingerprint density at radius 3 is 2.67 bits per heavy atom. The van der Waals surface area contributed by atoms with E-state index in [0.29, 0.717) is 28.2 Å². The summed E-state index contributed by atoms with van der Waals surface area (Å²) in [5.41, 5.74) is 3.62. The zero-order valence-corrected chi connectivity index (χ0v) is 12.8. The fraction of sp³-hybridized carbons (Fsp3) is 0.133. The third-order valence-corrected chi connectivity index (χ3v) is 3.28. The van der Waals surface area contributed by atoms with Gasteiger partial charge in [0.2, 0.25) is 0 Å². The molecule has 0 aliphatic carbocycles. The van der Waals surface area contributed by atoms with Crippen LogP contribution in [-0.4, -0.2) is 39.7 Å². The summed E-state index contributed by atoms with van der Waals surface area (Å²) >= 11 is 0. The number of nitrogens with two attached hydrogens (primary N) is 1. The number of ether oxygens (including phenoxy) is 2. The molecule has 0 fully saturated rings. The molecule has 9 heteroatoms. The fourth-order valence-electron chi connectivity index (χ4n) is 2.08. The standard InChI is InChI=1S/C15H15N5O4/c1-23-9-2-4-11-12(6-9)19-20(18-11)13-5-3-10(7-14(13)21)24-8-15(22)17-16/h2-7,21H,8,16H2,1H3,(H,17,22). The van der Waals surface area contributed by atoms with Gasteiger partial charge in [0.15, 0.2) is 6.61 Å². The number of methoxy groups -OCH3 is 1. The molecular weight excluding hydrogens is 314 g/mol. The number of hydrazine groups is 1. The van der Waals surface area contributed by atoms with Crippen LogP contribution in [0.1, 0.15) is 0 Å². The Kier molecular flexibility index (Phi) is 4.17. The highest BCUT2D eigenvalue weighted by Gasteiger charge is 2.11. The molecule has 124 valence electrons. The third-order valence-electron chi connectivity index (χ3n) is 3.28. The maximum absolute atomic E-state index is 11.1. The van der Waals surface area contributed by atoms with Gasteiger partial charge in [-0.3, -0.25) is 10.2 Å². The minimum Gasteiger partial charge on any atom is -0.505 e. The van der Waals surface area contributed by atoms with Crippen LogP contribution in [0.3, 0.4) is 0 Å². The summed E-state index contributed by atoms with van der Waals surface area (Å²) < 4.78 is 10.3. The lowest BCUT2D eigenvalue weighted by molar-refractivity contribution is -0.123. The van der Waals surface area contributed by atoms with Crippen LogP contribution in [0.25, 0.3) is 16.7 Å². The highest BCUT2D eigenvalue weighted by molar-refractivity contribution is 5.77. The molecule has 0 saturated heterocycles. The van der Waals surface area contributed by atoms with Crippen LogP contribution in [0, 0.1) is 0 Å². The number of nitrogens with one attached hydrogen (secondary N) is 1. The number of amides is 1. The number of rotatable bonds is 5. The molecule has 1 aromatic heterocycles. The van der Waals surface area contributed by atoms with Gasteiger partial charge in [0.25, 0.3) is 5.91 Å². The second kappa shape index (κ2) is 6.42. The van der Waals surface area contributed by atoms with E-state index in [9.17, 15) is 9.90 Å². The van der Waals surface area contributed by atoms with Crippen LogP contribution in [0.5, 0.6) is 17.2 Å². The Hall–Kier alpha value is -3.33. The van der Waals surface area contributed by atoms with Crippen LogP contribution in [0.4, 0.5) is 0 Å². The summed E-state index contributed by atoms with van der Waals surface area (Å²) in [7, 11) is 1.57. The lowest BCUT2D eigenvalue weighted by Crippen LogP contribution is -2.34. The summed E-state index contributed by atoms with van der Waals surface area (Å²) in [6, 6.07) is 9.85. The molecule has 2 aromatic carbocycles. The first-order chi connectivity index (χ1) is 11.6. The lowest BCUT2D eigenvalue weighted by atomic mass is 10.3. The Labute approximate surface area is 136 Å². The lowest BCUT2D eigenvalue weighted by Gasteiger charge is -2.07. The molecule has 4 N–H and O–H groups in total. The van der Waals surface area contributed by atoms with Gasteiger partial charge in [-0.2, -0.15) is 0 Å². The van der Waals surface area contributed by atoms with Crippen LogP contribution in [0.2, 0.25) is 0 Å². The molecule has 0 bridgehead atoms. The number of aromatic nitrogens is 3. The van der Waals surface area contributed by atoms with Crippen molar-refractivity contribution in [3.8, 4) is 22.9 Å². The summed E-state index contributed by atoms with van der Waals surface area (Å²) in [5, 5.41) is 18.8. The quantitative estimate of drug-likeness (QED) is 0.354. The van der Waals surface area contributed by atoms with Crippen molar-refractivity contribution >= 4 is 16.9 Å². The van der Waals surface area contributed by atoms with E-state index < -0.39 is 5.91 Å². The smallest absolute Gasteiger partial charge is 0.271 e. The Balaban J connectivity index is 1.87. The number of phenolic OH excluding ortho intramolecular Hbond substituents is 1. The zero-order valence-electron chi connectivity index (χ0n) is 12.8. The van der Waals surface area contributed by atoms with Crippen LogP contribution < -0.4 is 20.7 Å². The molecule has 24 heavy (non-hydrogen) atoms. The highest BCUT2D eigenvalue weighted by atomic mass is 16.5. The number of carbonyl (C=O) groups is 1. The monoisotopic (exact) mass is 329 g/mol. The predicted octanol–water partition coefficient (Wildman–Crippen LogP) is 0.503. The molecule has 3 rings (SSSR count). The number of carbonyl (C=O) groups excluding carboxylic acids is 1. The molecule has 1 amide bonds. The average molecular weight is 329 g/mol. The second-order valence-electron chi connectivity index (χ2n) is 4.85. The second-order valence-corrected chi connectivity index (χ2v) is 4.85. The number of hydrogen-bond acceptors (Lipinski definition) is 7. The van der Waals surface area contributed by atoms with Crippen molar-refractivity contribution < 1.29 is 19.4 Å². The minimum atomic E-state index is -0.479. The van der Waals surface area contributed by atoms with Gasteiger partial charge in [-0.25, -0.2) is 5.84 Å². The first kappa shape index (κ1) is 15.6. The topological polar surface area (TPSA) is 125 Å². The summed E-state index contributed by atoms with van der Waals surface area (Å²) in [4.78, 5) is 12.4. The van der Waals surface area contributed by atoms with E-state index in [0.717, 1.165) is 0 Å². The minimum absolute atomic E-state index is 0.0899. The summed E-state index contributed by atoms with van der Waals surface area (Å²) in [6.07, 6.45) is 0. The summed E-state index contributed by atoms with van der Waals surface area (Å²) in [5.74, 6) is 5.38. The molecular formula is C15H15N5O4. The van der Waals surface area contributed by atoms with Gasteiger partial charge in [-0.15, -0.1) is 15.0 Å². The average Bonchev–Trinajstić information content (AvgIpc) is 3.02.